The van der Waals surface area contributed by atoms with Crippen LogP contribution >= 0.6 is 0 Å². The highest BCUT2D eigenvalue weighted by molar-refractivity contribution is 5.94. The second-order valence-corrected chi connectivity index (χ2v) is 4.09. The number of hydrogen-bond donors (Lipinski definition) is 0. The van der Waals surface area contributed by atoms with Crippen LogP contribution in [0.15, 0.2) is 23.1 Å². The van der Waals surface area contributed by atoms with Crippen LogP contribution in [0.5, 0.6) is 0 Å². The van der Waals surface area contributed by atoms with Crippen molar-refractivity contribution in [3.63, 3.8) is 0 Å². The highest BCUT2D eigenvalue weighted by Gasteiger charge is 2.36. The molecular formula is C12H9F3N2O2. The number of alkyl halides is 3. The van der Waals surface area contributed by atoms with Gasteiger partial charge in [-0.3, -0.25) is 14.0 Å². The summed E-state index contributed by atoms with van der Waals surface area (Å²) < 4.78 is 39.2. The second kappa shape index (κ2) is 4.18. The van der Waals surface area contributed by atoms with Gasteiger partial charge < -0.3 is 0 Å². The predicted octanol–water partition coefficient (Wildman–Crippen LogP) is 2.22. The molecule has 0 aliphatic rings. The first-order chi connectivity index (χ1) is 8.71. The summed E-state index contributed by atoms with van der Waals surface area (Å²) in [5, 5.41) is 0. The van der Waals surface area contributed by atoms with Crippen LogP contribution in [0.25, 0.3) is 5.65 Å². The number of nitrogens with zero attached hydrogens (tertiary/aromatic N) is 2. The third-order valence-electron chi connectivity index (χ3n) is 2.73. The Morgan fingerprint density at radius 2 is 2.00 bits per heavy atom. The molecule has 0 bridgehead atoms. The molecule has 0 aromatic carbocycles. The monoisotopic (exact) mass is 270 g/mol. The Morgan fingerprint density at radius 1 is 1.37 bits per heavy atom. The molecular weight excluding hydrogens is 261 g/mol. The SMILES string of the molecule is CC(=O)c1ccn2c(=O)c(C)c(C(F)(F)F)nc2c1. The molecule has 0 amide bonds. The number of Topliss-reactive ketones (excluding diaryl/α,β-unsaturated/α-hetero) is 1. The van der Waals surface area contributed by atoms with E-state index >= 15 is 0 Å². The number of rotatable bonds is 1. The normalized spacial score (nSPS) is 11.8. The fourth-order valence-corrected chi connectivity index (χ4v) is 1.72. The molecule has 0 unspecified atom stereocenters. The Hall–Kier alpha value is -2.18. The highest BCUT2D eigenvalue weighted by Crippen LogP contribution is 2.29. The van der Waals surface area contributed by atoms with Crippen molar-refractivity contribution in [2.45, 2.75) is 20.0 Å². The molecule has 0 N–H and O–H groups in total. The number of halogens is 3. The number of carbonyl (C=O) groups is 1. The van der Waals surface area contributed by atoms with Gasteiger partial charge >= 0.3 is 6.18 Å². The Balaban J connectivity index is 2.86. The molecule has 7 heteroatoms. The number of fused-ring (bicyclic) bond motifs is 1. The molecule has 0 atom stereocenters. The summed E-state index contributed by atoms with van der Waals surface area (Å²) in [6.45, 7) is 2.35. The third-order valence-corrected chi connectivity index (χ3v) is 2.73. The lowest BCUT2D eigenvalue weighted by molar-refractivity contribution is -0.141. The van der Waals surface area contributed by atoms with Crippen LogP contribution in [0.1, 0.15) is 28.5 Å². The van der Waals surface area contributed by atoms with Gasteiger partial charge in [0.25, 0.3) is 5.56 Å². The van der Waals surface area contributed by atoms with E-state index in [-0.39, 0.29) is 17.0 Å². The number of hydrogen-bond acceptors (Lipinski definition) is 3. The zero-order valence-electron chi connectivity index (χ0n) is 10.1. The lowest BCUT2D eigenvalue weighted by atomic mass is 10.2. The molecule has 0 aliphatic heterocycles. The van der Waals surface area contributed by atoms with Crippen LogP contribution in [0.3, 0.4) is 0 Å². The minimum atomic E-state index is -4.70. The van der Waals surface area contributed by atoms with Gasteiger partial charge in [-0.15, -0.1) is 0 Å². The summed E-state index contributed by atoms with van der Waals surface area (Å²) in [4.78, 5) is 26.4. The van der Waals surface area contributed by atoms with E-state index < -0.39 is 23.0 Å². The Morgan fingerprint density at radius 3 is 2.53 bits per heavy atom. The first kappa shape index (κ1) is 13.3. The van der Waals surface area contributed by atoms with Crippen LogP contribution in [-0.4, -0.2) is 15.2 Å². The Labute approximate surface area is 105 Å². The molecule has 2 aromatic heterocycles. The first-order valence-electron chi connectivity index (χ1n) is 5.33. The van der Waals surface area contributed by atoms with E-state index in [1.54, 1.807) is 0 Å². The number of aromatic nitrogens is 2. The Kier molecular flexibility index (Phi) is 2.92. The summed E-state index contributed by atoms with van der Waals surface area (Å²) in [6, 6.07) is 2.53. The van der Waals surface area contributed by atoms with Gasteiger partial charge in [-0.05, 0) is 26.0 Å². The molecule has 0 radical (unpaired) electrons. The fraction of sp³-hybridized carbons (Fsp3) is 0.250. The van der Waals surface area contributed by atoms with E-state index in [1.807, 2.05) is 0 Å². The maximum atomic E-state index is 12.7. The molecule has 2 rings (SSSR count). The zero-order chi connectivity index (χ0) is 14.4. The number of carbonyl (C=O) groups excluding carboxylic acids is 1. The number of pyridine rings is 1. The lowest BCUT2D eigenvalue weighted by Gasteiger charge is -2.10. The van der Waals surface area contributed by atoms with Crippen molar-refractivity contribution in [2.75, 3.05) is 0 Å². The van der Waals surface area contributed by atoms with Crippen LogP contribution < -0.4 is 5.56 Å². The molecule has 2 aromatic rings. The van der Waals surface area contributed by atoms with Crippen molar-refractivity contribution in [1.82, 2.24) is 9.38 Å². The van der Waals surface area contributed by atoms with Crippen molar-refractivity contribution in [1.29, 1.82) is 0 Å². The van der Waals surface area contributed by atoms with Crippen LogP contribution in [-0.2, 0) is 6.18 Å². The largest absolute Gasteiger partial charge is 0.433 e. The molecule has 19 heavy (non-hydrogen) atoms. The maximum Gasteiger partial charge on any atom is 0.433 e. The quantitative estimate of drug-likeness (QED) is 0.747. The standard InChI is InChI=1S/C12H9F3N2O2/c1-6-10(12(13,14)15)16-9-5-8(7(2)18)3-4-17(9)11(6)19/h3-5H,1-2H3. The highest BCUT2D eigenvalue weighted by atomic mass is 19.4. The summed E-state index contributed by atoms with van der Waals surface area (Å²) in [5.41, 5.74) is -2.49. The van der Waals surface area contributed by atoms with Crippen LogP contribution in [0.4, 0.5) is 13.2 Å². The van der Waals surface area contributed by atoms with Gasteiger partial charge in [0.15, 0.2) is 11.5 Å². The molecule has 0 fully saturated rings. The molecule has 4 nitrogen and oxygen atoms in total. The zero-order valence-corrected chi connectivity index (χ0v) is 10.1. The number of ketones is 1. The van der Waals surface area contributed by atoms with E-state index in [9.17, 15) is 22.8 Å². The summed E-state index contributed by atoms with van der Waals surface area (Å²) >= 11 is 0. The van der Waals surface area contributed by atoms with E-state index in [0.29, 0.717) is 0 Å². The summed E-state index contributed by atoms with van der Waals surface area (Å²) in [6.07, 6.45) is -3.46. The third kappa shape index (κ3) is 2.23. The Bertz CT molecular complexity index is 732. The van der Waals surface area contributed by atoms with Gasteiger partial charge in [0.2, 0.25) is 0 Å². The van der Waals surface area contributed by atoms with Crippen LogP contribution in [0, 0.1) is 6.92 Å². The van der Waals surface area contributed by atoms with Gasteiger partial charge in [-0.1, -0.05) is 0 Å². The van der Waals surface area contributed by atoms with E-state index in [0.717, 1.165) is 11.3 Å². The minimum Gasteiger partial charge on any atom is -0.295 e. The van der Waals surface area contributed by atoms with Gasteiger partial charge in [0, 0.05) is 17.3 Å². The second-order valence-electron chi connectivity index (χ2n) is 4.09. The van der Waals surface area contributed by atoms with Crippen molar-refractivity contribution >= 4 is 11.4 Å². The topological polar surface area (TPSA) is 51.4 Å². The average Bonchev–Trinajstić information content (AvgIpc) is 2.31. The molecule has 0 aliphatic carbocycles. The van der Waals surface area contributed by atoms with Crippen LogP contribution in [0.2, 0.25) is 0 Å². The van der Waals surface area contributed by atoms with E-state index in [4.69, 9.17) is 0 Å². The smallest absolute Gasteiger partial charge is 0.295 e. The minimum absolute atomic E-state index is 0.198. The predicted molar refractivity (Wildman–Crippen MR) is 61.2 cm³/mol. The van der Waals surface area contributed by atoms with E-state index in [2.05, 4.69) is 4.98 Å². The fourth-order valence-electron chi connectivity index (χ4n) is 1.72. The first-order valence-corrected chi connectivity index (χ1v) is 5.33. The maximum absolute atomic E-state index is 12.7. The molecule has 100 valence electrons. The average molecular weight is 270 g/mol. The van der Waals surface area contributed by atoms with E-state index in [1.165, 1.54) is 25.3 Å². The molecule has 0 saturated heterocycles. The van der Waals surface area contributed by atoms with Gasteiger partial charge in [0.1, 0.15) is 5.65 Å². The van der Waals surface area contributed by atoms with Gasteiger partial charge in [-0.2, -0.15) is 13.2 Å². The van der Waals surface area contributed by atoms with Crippen molar-refractivity contribution in [3.05, 3.63) is 45.5 Å². The van der Waals surface area contributed by atoms with Crippen molar-refractivity contribution < 1.29 is 18.0 Å². The lowest BCUT2D eigenvalue weighted by Crippen LogP contribution is -2.24. The summed E-state index contributed by atoms with van der Waals surface area (Å²) in [5.74, 6) is -0.314. The van der Waals surface area contributed by atoms with Gasteiger partial charge in [-0.25, -0.2) is 4.98 Å². The molecule has 0 spiro atoms. The molecule has 0 saturated carbocycles. The summed E-state index contributed by atoms with van der Waals surface area (Å²) in [7, 11) is 0. The van der Waals surface area contributed by atoms with Crippen molar-refractivity contribution in [3.8, 4) is 0 Å². The molecule has 2 heterocycles. The van der Waals surface area contributed by atoms with Gasteiger partial charge in [0.05, 0.1) is 0 Å². The van der Waals surface area contributed by atoms with Crippen molar-refractivity contribution in [2.24, 2.45) is 0 Å².